The first-order chi connectivity index (χ1) is 27.7. The molecule has 0 saturated carbocycles. The van der Waals surface area contributed by atoms with Gasteiger partial charge in [-0.15, -0.1) is 0 Å². The van der Waals surface area contributed by atoms with E-state index in [1.54, 1.807) is 0 Å². The Balaban J connectivity index is 1.14. The van der Waals surface area contributed by atoms with Crippen molar-refractivity contribution in [2.45, 2.75) is 0 Å². The van der Waals surface area contributed by atoms with Gasteiger partial charge in [0.05, 0.1) is 11.4 Å². The van der Waals surface area contributed by atoms with E-state index in [1.165, 1.54) is 0 Å². The quantitative estimate of drug-likeness (QED) is 0.172. The lowest BCUT2D eigenvalue weighted by Crippen LogP contribution is -1.96. The minimum absolute atomic E-state index is 0.680. The molecule has 56 heavy (non-hydrogen) atoms. The molecule has 4 nitrogen and oxygen atoms in total. The second-order valence-corrected chi connectivity index (χ2v) is 14.2. The molecule has 0 aliphatic rings. The molecule has 0 N–H and O–H groups in total. The van der Waals surface area contributed by atoms with Gasteiger partial charge in [-0.1, -0.05) is 133 Å². The number of furan rings is 2. The van der Waals surface area contributed by atoms with Gasteiger partial charge >= 0.3 is 0 Å². The minimum Gasteiger partial charge on any atom is -0.456 e. The second-order valence-electron chi connectivity index (χ2n) is 14.2. The van der Waals surface area contributed by atoms with Crippen molar-refractivity contribution in [1.29, 1.82) is 0 Å². The summed E-state index contributed by atoms with van der Waals surface area (Å²) in [6, 6.07) is 67.5. The van der Waals surface area contributed by atoms with Crippen LogP contribution in [-0.4, -0.2) is 9.97 Å². The van der Waals surface area contributed by atoms with Crippen LogP contribution in [0.2, 0.25) is 0 Å². The van der Waals surface area contributed by atoms with Gasteiger partial charge in [-0.25, -0.2) is 9.97 Å². The van der Waals surface area contributed by atoms with E-state index < -0.39 is 0 Å². The van der Waals surface area contributed by atoms with Gasteiger partial charge in [0.25, 0.3) is 0 Å². The van der Waals surface area contributed by atoms with E-state index in [0.29, 0.717) is 5.82 Å². The Kier molecular flexibility index (Phi) is 7.46. The predicted molar refractivity (Wildman–Crippen MR) is 229 cm³/mol. The number of hydrogen-bond acceptors (Lipinski definition) is 4. The number of hydrogen-bond donors (Lipinski definition) is 0. The first-order valence-electron chi connectivity index (χ1n) is 18.8. The molecule has 0 spiro atoms. The predicted octanol–water partition coefficient (Wildman–Crippen LogP) is 14.3. The molecule has 0 fully saturated rings. The van der Waals surface area contributed by atoms with E-state index in [-0.39, 0.29) is 0 Å². The Morgan fingerprint density at radius 3 is 1.54 bits per heavy atom. The Labute approximate surface area is 323 Å². The topological polar surface area (TPSA) is 52.1 Å². The summed E-state index contributed by atoms with van der Waals surface area (Å²) in [5, 5.41) is 4.42. The van der Waals surface area contributed by atoms with Gasteiger partial charge < -0.3 is 8.83 Å². The fraction of sp³-hybridized carbons (Fsp3) is 0. The van der Waals surface area contributed by atoms with Crippen molar-refractivity contribution in [3.63, 3.8) is 0 Å². The van der Waals surface area contributed by atoms with Crippen LogP contribution in [0.3, 0.4) is 0 Å². The van der Waals surface area contributed by atoms with E-state index in [2.05, 4.69) is 133 Å². The van der Waals surface area contributed by atoms with Crippen LogP contribution < -0.4 is 0 Å². The van der Waals surface area contributed by atoms with Gasteiger partial charge in [0, 0.05) is 38.2 Å². The van der Waals surface area contributed by atoms with Gasteiger partial charge in [0.15, 0.2) is 5.82 Å². The molecule has 262 valence electrons. The lowest BCUT2D eigenvalue weighted by Gasteiger charge is -2.15. The van der Waals surface area contributed by atoms with Crippen LogP contribution in [0.4, 0.5) is 0 Å². The molecule has 3 heterocycles. The van der Waals surface area contributed by atoms with Crippen molar-refractivity contribution in [1.82, 2.24) is 9.97 Å². The van der Waals surface area contributed by atoms with E-state index >= 15 is 0 Å². The molecule has 0 unspecified atom stereocenters. The van der Waals surface area contributed by atoms with Gasteiger partial charge in [-0.05, 0) is 94.0 Å². The van der Waals surface area contributed by atoms with Gasteiger partial charge in [0.1, 0.15) is 22.3 Å². The smallest absolute Gasteiger partial charge is 0.160 e. The number of aromatic nitrogens is 2. The molecule has 0 bridgehead atoms. The number of nitrogens with zero attached hydrogens (tertiary/aromatic N) is 2. The van der Waals surface area contributed by atoms with E-state index in [9.17, 15) is 0 Å². The summed E-state index contributed by atoms with van der Waals surface area (Å²) in [5.74, 6) is 0.680. The summed E-state index contributed by atoms with van der Waals surface area (Å²) in [4.78, 5) is 10.3. The van der Waals surface area contributed by atoms with Crippen LogP contribution in [0.1, 0.15) is 0 Å². The number of benzene rings is 8. The van der Waals surface area contributed by atoms with Crippen molar-refractivity contribution < 1.29 is 8.83 Å². The highest BCUT2D eigenvalue weighted by atomic mass is 16.3. The SMILES string of the molecule is c1ccc(-c2cc(-c3cc(-c4ccc5oc6ccccc6c5c4)cc(-c4ccccc4-c4ccc5c(c4)oc4ccccc45)c3)nc(-c3ccccc3)n2)cc1. The van der Waals surface area contributed by atoms with Crippen LogP contribution >= 0.6 is 0 Å². The zero-order chi connectivity index (χ0) is 37.0. The van der Waals surface area contributed by atoms with Crippen LogP contribution in [0.25, 0.3) is 111 Å². The van der Waals surface area contributed by atoms with Crippen molar-refractivity contribution in [2.24, 2.45) is 0 Å². The third-order valence-electron chi connectivity index (χ3n) is 10.7. The fourth-order valence-corrected chi connectivity index (χ4v) is 7.95. The number of fused-ring (bicyclic) bond motifs is 6. The first-order valence-corrected chi connectivity index (χ1v) is 18.8. The van der Waals surface area contributed by atoms with Crippen molar-refractivity contribution in [2.75, 3.05) is 0 Å². The summed E-state index contributed by atoms with van der Waals surface area (Å²) in [7, 11) is 0. The van der Waals surface area contributed by atoms with Crippen molar-refractivity contribution in [3.05, 3.63) is 194 Å². The zero-order valence-corrected chi connectivity index (χ0v) is 30.2. The summed E-state index contributed by atoms with van der Waals surface area (Å²) in [5.41, 5.74) is 14.8. The fourth-order valence-electron chi connectivity index (χ4n) is 7.95. The van der Waals surface area contributed by atoms with Crippen molar-refractivity contribution >= 4 is 43.9 Å². The van der Waals surface area contributed by atoms with Crippen molar-refractivity contribution in [3.8, 4) is 67.3 Å². The molecule has 0 atom stereocenters. The molecule has 4 heteroatoms. The molecular formula is C52H32N2O2. The number of para-hydroxylation sites is 2. The summed E-state index contributed by atoms with van der Waals surface area (Å²) in [6.45, 7) is 0. The average molecular weight is 717 g/mol. The second kappa shape index (κ2) is 13.1. The summed E-state index contributed by atoms with van der Waals surface area (Å²) in [6.07, 6.45) is 0. The molecule has 0 aliphatic carbocycles. The summed E-state index contributed by atoms with van der Waals surface area (Å²) >= 11 is 0. The van der Waals surface area contributed by atoms with E-state index in [0.717, 1.165) is 105 Å². The highest BCUT2D eigenvalue weighted by molar-refractivity contribution is 6.07. The largest absolute Gasteiger partial charge is 0.456 e. The summed E-state index contributed by atoms with van der Waals surface area (Å²) < 4.78 is 12.6. The highest BCUT2D eigenvalue weighted by Crippen LogP contribution is 2.41. The Hall–Kier alpha value is -7.56. The van der Waals surface area contributed by atoms with E-state index in [4.69, 9.17) is 18.8 Å². The third kappa shape index (κ3) is 5.55. The Morgan fingerprint density at radius 2 is 0.786 bits per heavy atom. The minimum atomic E-state index is 0.680. The maximum absolute atomic E-state index is 6.35. The normalized spacial score (nSPS) is 11.6. The van der Waals surface area contributed by atoms with Crippen LogP contribution in [-0.2, 0) is 0 Å². The average Bonchev–Trinajstić information content (AvgIpc) is 3.84. The molecule has 11 aromatic rings. The zero-order valence-electron chi connectivity index (χ0n) is 30.2. The molecule has 3 aromatic heterocycles. The maximum atomic E-state index is 6.35. The first kappa shape index (κ1) is 31.9. The van der Waals surface area contributed by atoms with E-state index in [1.807, 2.05) is 60.7 Å². The van der Waals surface area contributed by atoms with Crippen LogP contribution in [0.15, 0.2) is 203 Å². The standard InChI is InChI=1S/C52H32N2O2/c1-3-13-33(14-4-1)46-32-47(54-52(53-46)34-15-5-2-6-16-34)39-28-37(35-24-26-50-45(30-35)43-20-10-12-22-49(43)55-50)27-38(29-39)41-18-8-7-17-40(41)36-23-25-44-42-19-9-11-21-48(42)56-51(44)31-36/h1-32H. The van der Waals surface area contributed by atoms with Crippen LogP contribution in [0, 0.1) is 0 Å². The van der Waals surface area contributed by atoms with Crippen LogP contribution in [0.5, 0.6) is 0 Å². The lowest BCUT2D eigenvalue weighted by molar-refractivity contribution is 0.668. The third-order valence-corrected chi connectivity index (χ3v) is 10.7. The van der Waals surface area contributed by atoms with Gasteiger partial charge in [-0.3, -0.25) is 0 Å². The van der Waals surface area contributed by atoms with Gasteiger partial charge in [0.2, 0.25) is 0 Å². The van der Waals surface area contributed by atoms with Gasteiger partial charge in [-0.2, -0.15) is 0 Å². The maximum Gasteiger partial charge on any atom is 0.160 e. The molecular weight excluding hydrogens is 685 g/mol. The lowest BCUT2D eigenvalue weighted by atomic mass is 9.90. The molecule has 11 rings (SSSR count). The highest BCUT2D eigenvalue weighted by Gasteiger charge is 2.17. The Bertz CT molecular complexity index is 3190. The Morgan fingerprint density at radius 1 is 0.268 bits per heavy atom. The monoisotopic (exact) mass is 716 g/mol. The molecule has 0 radical (unpaired) electrons. The molecule has 0 amide bonds. The molecule has 0 aliphatic heterocycles. The molecule has 0 saturated heterocycles. The number of rotatable bonds is 6. The molecule has 8 aromatic carbocycles.